The van der Waals surface area contributed by atoms with E-state index in [4.69, 9.17) is 0 Å². The van der Waals surface area contributed by atoms with Crippen LogP contribution in [-0.4, -0.2) is 24.0 Å². The van der Waals surface area contributed by atoms with Crippen molar-refractivity contribution in [1.29, 1.82) is 0 Å². The molecule has 0 saturated heterocycles. The maximum absolute atomic E-state index is 10.8. The molecule has 1 unspecified atom stereocenters. The largest absolute Gasteiger partial charge is 0.355 e. The predicted octanol–water partition coefficient (Wildman–Crippen LogP) is 1.79. The van der Waals surface area contributed by atoms with Crippen LogP contribution in [0.1, 0.15) is 42.4 Å². The molecule has 18 heavy (non-hydrogen) atoms. The normalized spacial score (nSPS) is 12.3. The molecule has 1 aromatic rings. The van der Waals surface area contributed by atoms with Crippen LogP contribution in [0.3, 0.4) is 0 Å². The summed E-state index contributed by atoms with van der Waals surface area (Å²) in [5, 5.41) is 6.17. The number of carbonyl (C=O) groups excluding carboxylic acids is 1. The van der Waals surface area contributed by atoms with Crippen molar-refractivity contribution in [2.75, 3.05) is 13.1 Å². The highest BCUT2D eigenvalue weighted by atomic mass is 16.1. The second-order valence-electron chi connectivity index (χ2n) is 4.74. The van der Waals surface area contributed by atoms with Crippen LogP contribution in [0.2, 0.25) is 0 Å². The fourth-order valence-electron chi connectivity index (χ4n) is 2.32. The maximum atomic E-state index is 10.8. The van der Waals surface area contributed by atoms with E-state index < -0.39 is 0 Å². The number of nitrogens with one attached hydrogen (secondary N) is 2. The minimum absolute atomic E-state index is 0.00816. The van der Waals surface area contributed by atoms with Crippen molar-refractivity contribution in [3.63, 3.8) is 0 Å². The zero-order valence-corrected chi connectivity index (χ0v) is 11.9. The van der Waals surface area contributed by atoms with Gasteiger partial charge in [-0.2, -0.15) is 0 Å². The predicted molar refractivity (Wildman–Crippen MR) is 73.5 cm³/mol. The molecule has 0 aliphatic carbocycles. The van der Waals surface area contributed by atoms with E-state index >= 15 is 0 Å². The third-order valence-electron chi connectivity index (χ3n) is 2.97. The Kier molecular flexibility index (Phi) is 5.28. The van der Waals surface area contributed by atoms with Crippen molar-refractivity contribution in [3.05, 3.63) is 28.6 Å². The summed E-state index contributed by atoms with van der Waals surface area (Å²) in [7, 11) is 0. The van der Waals surface area contributed by atoms with Gasteiger partial charge in [-0.3, -0.25) is 9.78 Å². The molecule has 1 rings (SSSR count). The molecule has 0 spiro atoms. The van der Waals surface area contributed by atoms with Gasteiger partial charge in [0, 0.05) is 37.4 Å². The first-order chi connectivity index (χ1) is 8.41. The Bertz CT molecular complexity index is 406. The summed E-state index contributed by atoms with van der Waals surface area (Å²) in [5.74, 6) is 0.00816. The van der Waals surface area contributed by atoms with Crippen molar-refractivity contribution >= 4 is 5.91 Å². The van der Waals surface area contributed by atoms with E-state index in [2.05, 4.69) is 35.5 Å². The van der Waals surface area contributed by atoms with Gasteiger partial charge in [0.15, 0.2) is 0 Å². The Hall–Kier alpha value is -1.42. The van der Waals surface area contributed by atoms with Gasteiger partial charge in [0.1, 0.15) is 0 Å². The van der Waals surface area contributed by atoms with Crippen LogP contribution in [-0.2, 0) is 4.79 Å². The lowest BCUT2D eigenvalue weighted by Gasteiger charge is -2.19. The molecule has 0 aliphatic rings. The van der Waals surface area contributed by atoms with Crippen molar-refractivity contribution in [3.8, 4) is 0 Å². The highest BCUT2D eigenvalue weighted by Gasteiger charge is 2.12. The van der Waals surface area contributed by atoms with Crippen LogP contribution < -0.4 is 10.6 Å². The molecule has 1 atom stereocenters. The molecule has 100 valence electrons. The van der Waals surface area contributed by atoms with Crippen LogP contribution in [0.15, 0.2) is 6.07 Å². The van der Waals surface area contributed by atoms with Crippen LogP contribution in [0, 0.1) is 20.8 Å². The molecule has 4 nitrogen and oxygen atoms in total. The number of hydrogen-bond donors (Lipinski definition) is 2. The highest BCUT2D eigenvalue weighted by Crippen LogP contribution is 2.20. The number of hydrogen-bond acceptors (Lipinski definition) is 3. The topological polar surface area (TPSA) is 54.0 Å². The number of amides is 1. The first kappa shape index (κ1) is 14.6. The molecule has 4 heteroatoms. The Morgan fingerprint density at radius 1 is 1.33 bits per heavy atom. The molecular weight excluding hydrogens is 226 g/mol. The van der Waals surface area contributed by atoms with Crippen molar-refractivity contribution in [2.24, 2.45) is 0 Å². The zero-order valence-electron chi connectivity index (χ0n) is 11.9. The first-order valence-corrected chi connectivity index (χ1v) is 6.34. The van der Waals surface area contributed by atoms with Gasteiger partial charge in [0.2, 0.25) is 5.91 Å². The van der Waals surface area contributed by atoms with E-state index in [0.29, 0.717) is 6.54 Å². The summed E-state index contributed by atoms with van der Waals surface area (Å²) in [6.07, 6.45) is 0. The second-order valence-corrected chi connectivity index (χ2v) is 4.74. The smallest absolute Gasteiger partial charge is 0.216 e. The van der Waals surface area contributed by atoms with Gasteiger partial charge in [-0.05, 0) is 44.9 Å². The minimum atomic E-state index is 0.00816. The molecule has 2 N–H and O–H groups in total. The molecular formula is C14H23N3O. The lowest BCUT2D eigenvalue weighted by molar-refractivity contribution is -0.118. The standard InChI is InChI=1S/C14H23N3O/c1-9-8-10(2)17-12(4)14(9)11(3)15-6-7-16-13(5)18/h8,11,15H,6-7H2,1-5H3,(H,16,18). The number of pyridine rings is 1. The Morgan fingerprint density at radius 2 is 2.00 bits per heavy atom. The average molecular weight is 249 g/mol. The quantitative estimate of drug-likeness (QED) is 0.782. The summed E-state index contributed by atoms with van der Waals surface area (Å²) < 4.78 is 0. The van der Waals surface area contributed by atoms with Crippen LogP contribution in [0.25, 0.3) is 0 Å². The molecule has 1 heterocycles. The van der Waals surface area contributed by atoms with E-state index in [0.717, 1.165) is 17.9 Å². The van der Waals surface area contributed by atoms with Gasteiger partial charge in [-0.1, -0.05) is 0 Å². The van der Waals surface area contributed by atoms with Gasteiger partial charge >= 0.3 is 0 Å². The molecule has 0 aliphatic heterocycles. The molecule has 0 radical (unpaired) electrons. The summed E-state index contributed by atoms with van der Waals surface area (Å²) in [4.78, 5) is 15.3. The van der Waals surface area contributed by atoms with E-state index in [1.54, 1.807) is 0 Å². The van der Waals surface area contributed by atoms with E-state index in [-0.39, 0.29) is 11.9 Å². The van der Waals surface area contributed by atoms with Crippen molar-refractivity contribution in [2.45, 2.75) is 40.7 Å². The molecule has 0 saturated carbocycles. The third kappa shape index (κ3) is 4.11. The van der Waals surface area contributed by atoms with Crippen LogP contribution in [0.5, 0.6) is 0 Å². The SMILES string of the molecule is CC(=O)NCCNC(C)c1c(C)cc(C)nc1C. The third-order valence-corrected chi connectivity index (χ3v) is 2.97. The summed E-state index contributed by atoms with van der Waals surface area (Å²) in [5.41, 5.74) is 4.65. The van der Waals surface area contributed by atoms with Crippen molar-refractivity contribution < 1.29 is 4.79 Å². The zero-order chi connectivity index (χ0) is 13.7. The minimum Gasteiger partial charge on any atom is -0.355 e. The molecule has 0 aromatic carbocycles. The monoisotopic (exact) mass is 249 g/mol. The first-order valence-electron chi connectivity index (χ1n) is 6.34. The maximum Gasteiger partial charge on any atom is 0.216 e. The average Bonchev–Trinajstić information content (AvgIpc) is 2.22. The van der Waals surface area contributed by atoms with Gasteiger partial charge in [0.25, 0.3) is 0 Å². The Labute approximate surface area is 109 Å². The van der Waals surface area contributed by atoms with Crippen LogP contribution in [0.4, 0.5) is 0 Å². The van der Waals surface area contributed by atoms with E-state index in [9.17, 15) is 4.79 Å². The lowest BCUT2D eigenvalue weighted by atomic mass is 10.0. The fraction of sp³-hybridized carbons (Fsp3) is 0.571. The Balaban J connectivity index is 2.61. The van der Waals surface area contributed by atoms with Crippen molar-refractivity contribution in [1.82, 2.24) is 15.6 Å². The van der Waals surface area contributed by atoms with E-state index in [1.165, 1.54) is 18.1 Å². The number of nitrogens with zero attached hydrogens (tertiary/aromatic N) is 1. The molecule has 1 amide bonds. The summed E-state index contributed by atoms with van der Waals surface area (Å²) >= 11 is 0. The van der Waals surface area contributed by atoms with Gasteiger partial charge in [0.05, 0.1) is 0 Å². The highest BCUT2D eigenvalue weighted by molar-refractivity contribution is 5.72. The summed E-state index contributed by atoms with van der Waals surface area (Å²) in [6, 6.07) is 2.35. The summed E-state index contributed by atoms with van der Waals surface area (Å²) in [6.45, 7) is 11.2. The van der Waals surface area contributed by atoms with Gasteiger partial charge in [-0.25, -0.2) is 0 Å². The van der Waals surface area contributed by atoms with Gasteiger partial charge < -0.3 is 10.6 Å². The lowest BCUT2D eigenvalue weighted by Crippen LogP contribution is -2.32. The number of aromatic nitrogens is 1. The number of carbonyl (C=O) groups is 1. The van der Waals surface area contributed by atoms with Crippen LogP contribution >= 0.6 is 0 Å². The fourth-order valence-corrected chi connectivity index (χ4v) is 2.32. The van der Waals surface area contributed by atoms with E-state index in [1.807, 2.05) is 13.8 Å². The molecule has 1 aromatic heterocycles. The number of aryl methyl sites for hydroxylation is 3. The second kappa shape index (κ2) is 6.50. The Morgan fingerprint density at radius 3 is 2.56 bits per heavy atom. The molecule has 0 bridgehead atoms. The molecule has 0 fully saturated rings. The van der Waals surface area contributed by atoms with Gasteiger partial charge in [-0.15, -0.1) is 0 Å². The number of rotatable bonds is 5.